The standard InChI is InChI=1S/C16H16Cl2N6OS/c1-7-9(3)20-15-22-16(23-24(15)10(7)4)26-6-12(25)21-14-13(18)8(2)11(17)5-19-14/h5H,6H2,1-4H3,(H,19,21,25). The van der Waals surface area contributed by atoms with Gasteiger partial charge in [0.25, 0.3) is 5.78 Å². The van der Waals surface area contributed by atoms with Crippen LogP contribution in [0.4, 0.5) is 5.82 Å². The molecule has 0 saturated carbocycles. The number of hydrogen-bond donors (Lipinski definition) is 1. The van der Waals surface area contributed by atoms with Crippen LogP contribution in [0.2, 0.25) is 10.0 Å². The Hall–Kier alpha value is -1.90. The third-order valence-electron chi connectivity index (χ3n) is 4.03. The molecule has 0 aromatic carbocycles. The number of aryl methyl sites for hydroxylation is 2. The average Bonchev–Trinajstić information content (AvgIpc) is 3.01. The number of nitrogens with one attached hydrogen (secondary N) is 1. The zero-order chi connectivity index (χ0) is 19.0. The number of nitrogens with zero attached hydrogens (tertiary/aromatic N) is 5. The van der Waals surface area contributed by atoms with Crippen molar-refractivity contribution < 1.29 is 4.79 Å². The van der Waals surface area contributed by atoms with E-state index in [1.165, 1.54) is 18.0 Å². The van der Waals surface area contributed by atoms with Gasteiger partial charge in [0.2, 0.25) is 11.1 Å². The molecule has 0 radical (unpaired) electrons. The molecule has 0 atom stereocenters. The fourth-order valence-electron chi connectivity index (χ4n) is 2.24. The summed E-state index contributed by atoms with van der Waals surface area (Å²) in [4.78, 5) is 25.0. The van der Waals surface area contributed by atoms with Crippen molar-refractivity contribution >= 4 is 52.5 Å². The minimum absolute atomic E-state index is 0.119. The van der Waals surface area contributed by atoms with Gasteiger partial charge in [-0.2, -0.15) is 4.98 Å². The van der Waals surface area contributed by atoms with E-state index in [1.54, 1.807) is 11.4 Å². The predicted octanol–water partition coefficient (Wildman–Crippen LogP) is 3.79. The van der Waals surface area contributed by atoms with E-state index in [2.05, 4.69) is 25.4 Å². The lowest BCUT2D eigenvalue weighted by atomic mass is 10.2. The van der Waals surface area contributed by atoms with E-state index in [0.29, 0.717) is 26.5 Å². The van der Waals surface area contributed by atoms with Crippen LogP contribution in [0.1, 0.15) is 22.5 Å². The molecule has 7 nitrogen and oxygen atoms in total. The first-order valence-electron chi connectivity index (χ1n) is 7.71. The largest absolute Gasteiger partial charge is 0.309 e. The molecule has 0 bridgehead atoms. The Labute approximate surface area is 164 Å². The van der Waals surface area contributed by atoms with Gasteiger partial charge in [-0.15, -0.1) is 5.10 Å². The average molecular weight is 411 g/mol. The van der Waals surface area contributed by atoms with Gasteiger partial charge in [-0.25, -0.2) is 14.5 Å². The van der Waals surface area contributed by atoms with Gasteiger partial charge < -0.3 is 5.32 Å². The van der Waals surface area contributed by atoms with Crippen molar-refractivity contribution in [1.29, 1.82) is 0 Å². The molecule has 0 spiro atoms. The molecule has 3 heterocycles. The number of hydrogen-bond acceptors (Lipinski definition) is 6. The van der Waals surface area contributed by atoms with E-state index in [-0.39, 0.29) is 17.5 Å². The smallest absolute Gasteiger partial charge is 0.253 e. The van der Waals surface area contributed by atoms with Gasteiger partial charge in [0.05, 0.1) is 15.8 Å². The second kappa shape index (κ2) is 7.38. The van der Waals surface area contributed by atoms with E-state index in [1.807, 2.05) is 20.8 Å². The molecule has 10 heteroatoms. The molecule has 1 N–H and O–H groups in total. The summed E-state index contributed by atoms with van der Waals surface area (Å²) in [7, 11) is 0. The van der Waals surface area contributed by atoms with Crippen LogP contribution in [0, 0.1) is 27.7 Å². The molecular weight excluding hydrogens is 395 g/mol. The summed E-state index contributed by atoms with van der Waals surface area (Å²) in [5, 5.41) is 8.33. The van der Waals surface area contributed by atoms with Gasteiger partial charge >= 0.3 is 0 Å². The molecule has 0 saturated heterocycles. The molecule has 3 rings (SSSR count). The summed E-state index contributed by atoms with van der Waals surface area (Å²) in [6.07, 6.45) is 1.45. The maximum Gasteiger partial charge on any atom is 0.253 e. The molecule has 0 unspecified atom stereocenters. The SMILES string of the molecule is Cc1nc2nc(SCC(=O)Nc3ncc(Cl)c(C)c3Cl)nn2c(C)c1C. The van der Waals surface area contributed by atoms with Crippen LogP contribution in [-0.2, 0) is 4.79 Å². The summed E-state index contributed by atoms with van der Waals surface area (Å²) < 4.78 is 1.68. The molecule has 136 valence electrons. The molecular formula is C16H16Cl2N6OS. The Morgan fingerprint density at radius 3 is 2.65 bits per heavy atom. The first kappa shape index (κ1) is 18.9. The first-order valence-corrected chi connectivity index (χ1v) is 9.46. The molecule has 0 fully saturated rings. The van der Waals surface area contributed by atoms with Crippen molar-refractivity contribution in [3.05, 3.63) is 38.8 Å². The highest BCUT2D eigenvalue weighted by atomic mass is 35.5. The molecule has 0 aliphatic heterocycles. The normalized spacial score (nSPS) is 11.2. The lowest BCUT2D eigenvalue weighted by Gasteiger charge is -2.08. The highest BCUT2D eigenvalue weighted by Gasteiger charge is 2.15. The van der Waals surface area contributed by atoms with Gasteiger partial charge in [0, 0.05) is 17.6 Å². The number of aromatic nitrogens is 5. The number of anilines is 1. The fourth-order valence-corrected chi connectivity index (χ4v) is 3.25. The van der Waals surface area contributed by atoms with E-state index < -0.39 is 0 Å². The highest BCUT2D eigenvalue weighted by Crippen LogP contribution is 2.28. The molecule has 1 amide bonds. The van der Waals surface area contributed by atoms with E-state index in [9.17, 15) is 4.79 Å². The van der Waals surface area contributed by atoms with Gasteiger partial charge in [-0.1, -0.05) is 35.0 Å². The van der Waals surface area contributed by atoms with E-state index in [4.69, 9.17) is 23.2 Å². The maximum atomic E-state index is 12.2. The Bertz CT molecular complexity index is 1020. The summed E-state index contributed by atoms with van der Waals surface area (Å²) in [6, 6.07) is 0. The van der Waals surface area contributed by atoms with Crippen LogP contribution in [0.25, 0.3) is 5.78 Å². The fraction of sp³-hybridized carbons (Fsp3) is 0.312. The maximum absolute atomic E-state index is 12.2. The Kier molecular flexibility index (Phi) is 5.36. The van der Waals surface area contributed by atoms with Gasteiger partial charge in [0.1, 0.15) is 0 Å². The van der Waals surface area contributed by atoms with Crippen LogP contribution >= 0.6 is 35.0 Å². The molecule has 26 heavy (non-hydrogen) atoms. The van der Waals surface area contributed by atoms with Gasteiger partial charge in [-0.05, 0) is 38.8 Å². The van der Waals surface area contributed by atoms with Crippen LogP contribution in [-0.4, -0.2) is 36.2 Å². The van der Waals surface area contributed by atoms with Gasteiger partial charge in [0.15, 0.2) is 5.82 Å². The predicted molar refractivity (Wildman–Crippen MR) is 103 cm³/mol. The van der Waals surface area contributed by atoms with Crippen molar-refractivity contribution in [2.45, 2.75) is 32.9 Å². The number of carbonyl (C=O) groups excluding carboxylic acids is 1. The third kappa shape index (κ3) is 3.62. The third-order valence-corrected chi connectivity index (χ3v) is 5.72. The first-order chi connectivity index (χ1) is 12.3. The van der Waals surface area contributed by atoms with E-state index >= 15 is 0 Å². The van der Waals surface area contributed by atoms with Crippen LogP contribution in [0.5, 0.6) is 0 Å². The number of carbonyl (C=O) groups is 1. The molecule has 0 aliphatic rings. The van der Waals surface area contributed by atoms with Crippen LogP contribution in [0.15, 0.2) is 11.4 Å². The number of halogens is 2. The minimum atomic E-state index is -0.262. The van der Waals surface area contributed by atoms with Crippen LogP contribution < -0.4 is 5.32 Å². The second-order valence-corrected chi connectivity index (χ2v) is 7.47. The topological polar surface area (TPSA) is 85.1 Å². The number of fused-ring (bicyclic) bond motifs is 1. The van der Waals surface area contributed by atoms with Gasteiger partial charge in [-0.3, -0.25) is 4.79 Å². The number of thioether (sulfide) groups is 1. The van der Waals surface area contributed by atoms with Crippen molar-refractivity contribution in [2.24, 2.45) is 0 Å². The monoisotopic (exact) mass is 410 g/mol. The minimum Gasteiger partial charge on any atom is -0.309 e. The van der Waals surface area contributed by atoms with E-state index in [0.717, 1.165) is 17.0 Å². The Morgan fingerprint density at radius 1 is 1.19 bits per heavy atom. The lowest BCUT2D eigenvalue weighted by Crippen LogP contribution is -2.15. The summed E-state index contributed by atoms with van der Waals surface area (Å²) in [5.74, 6) is 0.660. The van der Waals surface area contributed by atoms with Crippen molar-refractivity contribution in [3.8, 4) is 0 Å². The molecule has 0 aliphatic carbocycles. The van der Waals surface area contributed by atoms with Crippen molar-refractivity contribution in [2.75, 3.05) is 11.1 Å². The highest BCUT2D eigenvalue weighted by molar-refractivity contribution is 7.99. The summed E-state index contributed by atoms with van der Waals surface area (Å²) in [5.41, 5.74) is 3.62. The molecule has 3 aromatic heterocycles. The second-order valence-electron chi connectivity index (χ2n) is 5.74. The number of pyridine rings is 1. The molecule has 3 aromatic rings. The lowest BCUT2D eigenvalue weighted by molar-refractivity contribution is -0.113. The van der Waals surface area contributed by atoms with Crippen molar-refractivity contribution in [1.82, 2.24) is 24.6 Å². The summed E-state index contributed by atoms with van der Waals surface area (Å²) >= 11 is 13.3. The zero-order valence-electron chi connectivity index (χ0n) is 14.6. The zero-order valence-corrected chi connectivity index (χ0v) is 16.9. The number of rotatable bonds is 4. The Balaban J connectivity index is 1.71. The quantitative estimate of drug-likeness (QED) is 0.658. The number of amides is 1. The summed E-state index contributed by atoms with van der Waals surface area (Å²) in [6.45, 7) is 7.64. The Morgan fingerprint density at radius 2 is 1.92 bits per heavy atom. The van der Waals surface area contributed by atoms with Crippen LogP contribution in [0.3, 0.4) is 0 Å². The van der Waals surface area contributed by atoms with Crippen molar-refractivity contribution in [3.63, 3.8) is 0 Å².